The number of nitrogens with one attached hydrogen (secondary N) is 1. The van der Waals surface area contributed by atoms with Gasteiger partial charge in [0.1, 0.15) is 12.4 Å². The monoisotopic (exact) mass is 347 g/mol. The molecule has 0 aliphatic carbocycles. The second-order valence-electron chi connectivity index (χ2n) is 6.65. The van der Waals surface area contributed by atoms with Crippen LogP contribution in [0.2, 0.25) is 0 Å². The van der Waals surface area contributed by atoms with Crippen LogP contribution in [0.15, 0.2) is 30.3 Å². The molecule has 6 nitrogen and oxygen atoms in total. The number of para-hydroxylation sites is 1. The van der Waals surface area contributed by atoms with Crippen LogP contribution in [0, 0.1) is 0 Å². The Kier molecular flexibility index (Phi) is 7.09. The zero-order chi connectivity index (χ0) is 17.3. The molecule has 1 aromatic carbocycles. The van der Waals surface area contributed by atoms with Gasteiger partial charge in [0.25, 0.3) is 0 Å². The first-order chi connectivity index (χ1) is 12.3. The SMILES string of the molecule is O=C(CNCC1CCCO1)N1CCN(CCOc2ccccc2)CC1. The average Bonchev–Trinajstić information content (AvgIpc) is 3.16. The molecular weight excluding hydrogens is 318 g/mol. The molecule has 1 atom stereocenters. The molecule has 1 aromatic rings. The number of ether oxygens (including phenoxy) is 2. The quantitative estimate of drug-likeness (QED) is 0.760. The van der Waals surface area contributed by atoms with E-state index in [-0.39, 0.29) is 12.0 Å². The first-order valence-corrected chi connectivity index (χ1v) is 9.31. The molecular formula is C19H29N3O3. The highest BCUT2D eigenvalue weighted by Gasteiger charge is 2.21. The van der Waals surface area contributed by atoms with Crippen LogP contribution in [-0.4, -0.2) is 80.8 Å². The van der Waals surface area contributed by atoms with Crippen LogP contribution in [0.1, 0.15) is 12.8 Å². The molecule has 1 amide bonds. The van der Waals surface area contributed by atoms with Crippen molar-refractivity contribution in [1.29, 1.82) is 0 Å². The van der Waals surface area contributed by atoms with Gasteiger partial charge in [-0.3, -0.25) is 9.69 Å². The molecule has 2 aliphatic rings. The van der Waals surface area contributed by atoms with Crippen LogP contribution in [0.3, 0.4) is 0 Å². The maximum absolute atomic E-state index is 12.3. The Hall–Kier alpha value is -1.63. The summed E-state index contributed by atoms with van der Waals surface area (Å²) in [6.07, 6.45) is 2.52. The fraction of sp³-hybridized carbons (Fsp3) is 0.632. The highest BCUT2D eigenvalue weighted by molar-refractivity contribution is 5.78. The van der Waals surface area contributed by atoms with Crippen LogP contribution >= 0.6 is 0 Å². The van der Waals surface area contributed by atoms with E-state index in [1.165, 1.54) is 0 Å². The van der Waals surface area contributed by atoms with Gasteiger partial charge in [-0.2, -0.15) is 0 Å². The van der Waals surface area contributed by atoms with E-state index in [4.69, 9.17) is 9.47 Å². The van der Waals surface area contributed by atoms with E-state index in [0.29, 0.717) is 13.2 Å². The zero-order valence-corrected chi connectivity index (χ0v) is 14.9. The summed E-state index contributed by atoms with van der Waals surface area (Å²) in [5.41, 5.74) is 0. The second-order valence-corrected chi connectivity index (χ2v) is 6.65. The molecule has 6 heteroatoms. The number of carbonyl (C=O) groups is 1. The van der Waals surface area contributed by atoms with Crippen molar-refractivity contribution in [1.82, 2.24) is 15.1 Å². The Morgan fingerprint density at radius 1 is 1.20 bits per heavy atom. The first kappa shape index (κ1) is 18.2. The second kappa shape index (κ2) is 9.75. The topological polar surface area (TPSA) is 54.0 Å². The third-order valence-corrected chi connectivity index (χ3v) is 4.82. The summed E-state index contributed by atoms with van der Waals surface area (Å²) >= 11 is 0. The summed E-state index contributed by atoms with van der Waals surface area (Å²) in [5.74, 6) is 1.10. The van der Waals surface area contributed by atoms with Crippen molar-refractivity contribution in [3.63, 3.8) is 0 Å². The van der Waals surface area contributed by atoms with E-state index in [2.05, 4.69) is 10.2 Å². The van der Waals surface area contributed by atoms with Crippen molar-refractivity contribution in [3.8, 4) is 5.75 Å². The molecule has 0 aromatic heterocycles. The summed E-state index contributed by atoms with van der Waals surface area (Å²) in [5, 5.41) is 3.24. The lowest BCUT2D eigenvalue weighted by atomic mass is 10.2. The first-order valence-electron chi connectivity index (χ1n) is 9.31. The molecule has 1 unspecified atom stereocenters. The number of hydrogen-bond acceptors (Lipinski definition) is 5. The van der Waals surface area contributed by atoms with E-state index in [1.54, 1.807) is 0 Å². The van der Waals surface area contributed by atoms with E-state index < -0.39 is 0 Å². The van der Waals surface area contributed by atoms with Gasteiger partial charge in [0.2, 0.25) is 5.91 Å². The van der Waals surface area contributed by atoms with Gasteiger partial charge in [-0.25, -0.2) is 0 Å². The molecule has 2 fully saturated rings. The van der Waals surface area contributed by atoms with E-state index in [0.717, 1.165) is 64.5 Å². The van der Waals surface area contributed by atoms with Crippen molar-refractivity contribution < 1.29 is 14.3 Å². The Labute approximate surface area is 150 Å². The van der Waals surface area contributed by atoms with Crippen molar-refractivity contribution in [2.45, 2.75) is 18.9 Å². The lowest BCUT2D eigenvalue weighted by Crippen LogP contribution is -2.51. The zero-order valence-electron chi connectivity index (χ0n) is 14.9. The largest absolute Gasteiger partial charge is 0.492 e. The molecule has 25 heavy (non-hydrogen) atoms. The predicted octanol–water partition coefficient (Wildman–Crippen LogP) is 0.978. The number of benzene rings is 1. The lowest BCUT2D eigenvalue weighted by molar-refractivity contribution is -0.132. The molecule has 0 spiro atoms. The Morgan fingerprint density at radius 3 is 2.72 bits per heavy atom. The van der Waals surface area contributed by atoms with Gasteiger partial charge in [-0.05, 0) is 25.0 Å². The summed E-state index contributed by atoms with van der Waals surface area (Å²) in [7, 11) is 0. The lowest BCUT2D eigenvalue weighted by Gasteiger charge is -2.34. The third kappa shape index (κ3) is 5.99. The van der Waals surface area contributed by atoms with Crippen LogP contribution in [-0.2, 0) is 9.53 Å². The minimum Gasteiger partial charge on any atom is -0.492 e. The number of rotatable bonds is 8. The van der Waals surface area contributed by atoms with Gasteiger partial charge >= 0.3 is 0 Å². The van der Waals surface area contributed by atoms with Gasteiger partial charge in [0, 0.05) is 45.9 Å². The third-order valence-electron chi connectivity index (χ3n) is 4.82. The summed E-state index contributed by atoms with van der Waals surface area (Å²) < 4.78 is 11.3. The number of nitrogens with zero attached hydrogens (tertiary/aromatic N) is 2. The molecule has 0 saturated carbocycles. The minimum absolute atomic E-state index is 0.193. The predicted molar refractivity (Wildman–Crippen MR) is 96.8 cm³/mol. The molecule has 2 aliphatic heterocycles. The number of amides is 1. The normalized spacial score (nSPS) is 21.4. The Balaban J connectivity index is 1.26. The molecule has 0 bridgehead atoms. The molecule has 2 saturated heterocycles. The standard InChI is InChI=1S/C19H29N3O3/c23-19(16-20-15-18-7-4-13-24-18)22-10-8-21(9-11-22)12-14-25-17-5-2-1-3-6-17/h1-3,5-6,18,20H,4,7-16H2. The van der Waals surface area contributed by atoms with Crippen LogP contribution in [0.5, 0.6) is 5.75 Å². The van der Waals surface area contributed by atoms with E-state index in [9.17, 15) is 4.79 Å². The highest BCUT2D eigenvalue weighted by Crippen LogP contribution is 2.11. The smallest absolute Gasteiger partial charge is 0.236 e. The average molecular weight is 347 g/mol. The molecule has 138 valence electrons. The summed E-state index contributed by atoms with van der Waals surface area (Å²) in [4.78, 5) is 16.6. The van der Waals surface area contributed by atoms with Gasteiger partial charge in [-0.1, -0.05) is 18.2 Å². The fourth-order valence-corrected chi connectivity index (χ4v) is 3.29. The number of hydrogen-bond donors (Lipinski definition) is 1. The van der Waals surface area contributed by atoms with Crippen molar-refractivity contribution in [3.05, 3.63) is 30.3 Å². The van der Waals surface area contributed by atoms with Gasteiger partial charge < -0.3 is 19.7 Å². The molecule has 1 N–H and O–H groups in total. The molecule has 2 heterocycles. The van der Waals surface area contributed by atoms with Gasteiger partial charge in [-0.15, -0.1) is 0 Å². The summed E-state index contributed by atoms with van der Waals surface area (Å²) in [6, 6.07) is 9.89. The molecule has 3 rings (SSSR count). The summed E-state index contributed by atoms with van der Waals surface area (Å²) in [6.45, 7) is 7.05. The fourth-order valence-electron chi connectivity index (χ4n) is 3.29. The minimum atomic E-state index is 0.193. The van der Waals surface area contributed by atoms with Crippen molar-refractivity contribution >= 4 is 5.91 Å². The highest BCUT2D eigenvalue weighted by atomic mass is 16.5. The van der Waals surface area contributed by atoms with Crippen LogP contribution < -0.4 is 10.1 Å². The Morgan fingerprint density at radius 2 is 2.00 bits per heavy atom. The van der Waals surface area contributed by atoms with Crippen LogP contribution in [0.25, 0.3) is 0 Å². The van der Waals surface area contributed by atoms with E-state index >= 15 is 0 Å². The van der Waals surface area contributed by atoms with E-state index in [1.807, 2.05) is 35.2 Å². The number of carbonyl (C=O) groups excluding carboxylic acids is 1. The maximum atomic E-state index is 12.3. The van der Waals surface area contributed by atoms with Gasteiger partial charge in [0.15, 0.2) is 0 Å². The number of piperazine rings is 1. The molecule has 0 radical (unpaired) electrons. The Bertz CT molecular complexity index is 512. The maximum Gasteiger partial charge on any atom is 0.236 e. The van der Waals surface area contributed by atoms with Crippen molar-refractivity contribution in [2.75, 3.05) is 59.0 Å². The van der Waals surface area contributed by atoms with Crippen molar-refractivity contribution in [2.24, 2.45) is 0 Å². The van der Waals surface area contributed by atoms with Crippen LogP contribution in [0.4, 0.5) is 0 Å². The van der Waals surface area contributed by atoms with Gasteiger partial charge in [0.05, 0.1) is 12.6 Å².